The summed E-state index contributed by atoms with van der Waals surface area (Å²) >= 11 is 0. The van der Waals surface area contributed by atoms with Crippen molar-refractivity contribution in [3.63, 3.8) is 0 Å². The molecule has 3 aliphatic rings. The molecule has 1 aromatic heterocycles. The van der Waals surface area contributed by atoms with E-state index >= 15 is 0 Å². The topological polar surface area (TPSA) is 107 Å². The van der Waals surface area contributed by atoms with Gasteiger partial charge in [0.15, 0.2) is 0 Å². The molecule has 3 N–H and O–H groups in total. The molecule has 30 heavy (non-hydrogen) atoms. The van der Waals surface area contributed by atoms with E-state index in [1.54, 1.807) is 29.3 Å². The minimum Gasteiger partial charge on any atom is -0.382 e. The SMILES string of the molecule is CN1CCN(c2ccc(C(=O)NC3=CC4(c5cncc(N)n5)CN4C3=O)cc2)CC1. The lowest BCUT2D eigenvalue weighted by atomic mass is 10.1. The number of piperazine rings is 1. The molecular formula is C21H23N7O2. The highest BCUT2D eigenvalue weighted by Crippen LogP contribution is 2.48. The number of nitrogens with two attached hydrogens (primary N) is 1. The van der Waals surface area contributed by atoms with Crippen molar-refractivity contribution in [1.82, 2.24) is 25.1 Å². The van der Waals surface area contributed by atoms with E-state index in [0.717, 1.165) is 31.9 Å². The van der Waals surface area contributed by atoms with Crippen molar-refractivity contribution in [2.24, 2.45) is 0 Å². The van der Waals surface area contributed by atoms with Gasteiger partial charge in [0, 0.05) is 37.4 Å². The van der Waals surface area contributed by atoms with Gasteiger partial charge in [-0.15, -0.1) is 0 Å². The number of benzene rings is 1. The monoisotopic (exact) mass is 405 g/mol. The number of amides is 2. The van der Waals surface area contributed by atoms with Crippen molar-refractivity contribution < 1.29 is 9.59 Å². The van der Waals surface area contributed by atoms with E-state index in [9.17, 15) is 9.59 Å². The summed E-state index contributed by atoms with van der Waals surface area (Å²) in [6.07, 6.45) is 4.80. The first-order valence-corrected chi connectivity index (χ1v) is 9.94. The van der Waals surface area contributed by atoms with Gasteiger partial charge in [-0.05, 0) is 37.4 Å². The normalized spacial score (nSPS) is 23.2. The zero-order valence-corrected chi connectivity index (χ0v) is 16.7. The summed E-state index contributed by atoms with van der Waals surface area (Å²) in [4.78, 5) is 39.9. The van der Waals surface area contributed by atoms with Gasteiger partial charge in [0.25, 0.3) is 11.8 Å². The number of nitrogens with one attached hydrogen (secondary N) is 1. The predicted octanol–water partition coefficient (Wildman–Crippen LogP) is 0.176. The third kappa shape index (κ3) is 3.07. The smallest absolute Gasteiger partial charge is 0.271 e. The lowest BCUT2D eigenvalue weighted by Crippen LogP contribution is -2.44. The quantitative estimate of drug-likeness (QED) is 0.699. The lowest BCUT2D eigenvalue weighted by molar-refractivity contribution is -0.122. The van der Waals surface area contributed by atoms with Gasteiger partial charge in [-0.3, -0.25) is 14.6 Å². The Labute approximate surface area is 174 Å². The molecule has 0 spiro atoms. The molecule has 3 aliphatic heterocycles. The van der Waals surface area contributed by atoms with Gasteiger partial charge in [-0.25, -0.2) is 4.98 Å². The summed E-state index contributed by atoms with van der Waals surface area (Å²) in [5.74, 6) is -0.232. The number of hydrogen-bond donors (Lipinski definition) is 2. The van der Waals surface area contributed by atoms with E-state index in [1.807, 2.05) is 12.1 Å². The number of carbonyl (C=O) groups is 2. The number of carbonyl (C=O) groups excluding carboxylic acids is 2. The minimum absolute atomic E-state index is 0.221. The number of rotatable bonds is 4. The molecule has 5 rings (SSSR count). The van der Waals surface area contributed by atoms with Gasteiger partial charge in [-0.1, -0.05) is 0 Å². The fourth-order valence-corrected chi connectivity index (χ4v) is 4.08. The summed E-state index contributed by atoms with van der Waals surface area (Å²) in [7, 11) is 2.12. The number of aromatic nitrogens is 2. The van der Waals surface area contributed by atoms with Crippen LogP contribution in [0.4, 0.5) is 11.5 Å². The van der Waals surface area contributed by atoms with Crippen LogP contribution in [0.2, 0.25) is 0 Å². The van der Waals surface area contributed by atoms with Gasteiger partial charge in [-0.2, -0.15) is 0 Å². The third-order valence-electron chi connectivity index (χ3n) is 5.98. The summed E-state index contributed by atoms with van der Waals surface area (Å²) in [6.45, 7) is 4.49. The molecule has 9 heteroatoms. The molecule has 4 heterocycles. The van der Waals surface area contributed by atoms with Crippen LogP contribution in [0.15, 0.2) is 48.4 Å². The van der Waals surface area contributed by atoms with Crippen molar-refractivity contribution >= 4 is 23.3 Å². The highest BCUT2D eigenvalue weighted by atomic mass is 16.2. The zero-order chi connectivity index (χ0) is 20.9. The van der Waals surface area contributed by atoms with Crippen molar-refractivity contribution in [3.8, 4) is 0 Å². The van der Waals surface area contributed by atoms with Crippen molar-refractivity contribution in [3.05, 3.63) is 59.7 Å². The summed E-state index contributed by atoms with van der Waals surface area (Å²) < 4.78 is 0. The fourth-order valence-electron chi connectivity index (χ4n) is 4.08. The van der Waals surface area contributed by atoms with Crippen LogP contribution in [0.5, 0.6) is 0 Å². The highest BCUT2D eigenvalue weighted by Gasteiger charge is 2.61. The number of hydrogen-bond acceptors (Lipinski definition) is 7. The molecule has 154 valence electrons. The number of anilines is 2. The molecule has 0 aliphatic carbocycles. The molecule has 0 bridgehead atoms. The summed E-state index contributed by atoms with van der Waals surface area (Å²) in [5, 5.41) is 2.75. The highest BCUT2D eigenvalue weighted by molar-refractivity contribution is 6.06. The van der Waals surface area contributed by atoms with E-state index in [1.165, 1.54) is 6.20 Å². The molecule has 2 fully saturated rings. The van der Waals surface area contributed by atoms with Gasteiger partial charge in [0.05, 0.1) is 24.6 Å². The first-order chi connectivity index (χ1) is 14.5. The summed E-state index contributed by atoms with van der Waals surface area (Å²) in [6, 6.07) is 7.50. The number of likely N-dealkylation sites (N-methyl/N-ethyl adjacent to an activating group) is 1. The fraction of sp³-hybridized carbons (Fsp3) is 0.333. The Hall–Kier alpha value is -3.46. The molecular weight excluding hydrogens is 382 g/mol. The molecule has 1 aromatic carbocycles. The predicted molar refractivity (Wildman–Crippen MR) is 112 cm³/mol. The number of nitrogen functional groups attached to an aromatic ring is 1. The third-order valence-corrected chi connectivity index (χ3v) is 5.98. The molecule has 0 radical (unpaired) electrons. The second-order valence-corrected chi connectivity index (χ2v) is 7.99. The molecule has 2 amide bonds. The molecule has 1 atom stereocenters. The maximum atomic E-state index is 12.7. The first kappa shape index (κ1) is 18.6. The average Bonchev–Trinajstić information content (AvgIpc) is 3.42. The molecule has 2 saturated heterocycles. The molecule has 2 aromatic rings. The van der Waals surface area contributed by atoms with Crippen LogP contribution in [0.3, 0.4) is 0 Å². The van der Waals surface area contributed by atoms with Gasteiger partial charge >= 0.3 is 0 Å². The standard InChI is InChI=1S/C21H23N7O2/c1-26-6-8-27(9-7-26)15-4-2-14(3-5-15)19(29)24-16-10-21(13-28(21)20(16)30)17-11-23-12-18(22)25-17/h2-5,10-12H,6-9,13H2,1H3,(H2,22,25)(H,24,29). The number of fused-ring (bicyclic) bond motifs is 1. The largest absolute Gasteiger partial charge is 0.382 e. The van der Waals surface area contributed by atoms with Crippen LogP contribution in [-0.4, -0.2) is 71.4 Å². The van der Waals surface area contributed by atoms with E-state index in [-0.39, 0.29) is 17.5 Å². The van der Waals surface area contributed by atoms with Crippen LogP contribution >= 0.6 is 0 Å². The second kappa shape index (κ2) is 6.81. The Bertz CT molecular complexity index is 1040. The van der Waals surface area contributed by atoms with E-state index in [2.05, 4.69) is 32.1 Å². The Morgan fingerprint density at radius 1 is 1.13 bits per heavy atom. The number of nitrogens with zero attached hydrogens (tertiary/aromatic N) is 5. The van der Waals surface area contributed by atoms with Crippen molar-refractivity contribution in [1.29, 1.82) is 0 Å². The Balaban J connectivity index is 1.29. The maximum absolute atomic E-state index is 12.7. The van der Waals surface area contributed by atoms with E-state index < -0.39 is 5.54 Å². The van der Waals surface area contributed by atoms with Gasteiger partial charge in [0.2, 0.25) is 0 Å². The lowest BCUT2D eigenvalue weighted by Gasteiger charge is -2.34. The Morgan fingerprint density at radius 3 is 2.57 bits per heavy atom. The van der Waals surface area contributed by atoms with E-state index in [0.29, 0.717) is 23.6 Å². The van der Waals surface area contributed by atoms with E-state index in [4.69, 9.17) is 5.73 Å². The second-order valence-electron chi connectivity index (χ2n) is 7.99. The van der Waals surface area contributed by atoms with Crippen LogP contribution in [0, 0.1) is 0 Å². The Kier molecular flexibility index (Phi) is 4.21. The molecule has 1 unspecified atom stereocenters. The zero-order valence-electron chi connectivity index (χ0n) is 16.7. The molecule has 9 nitrogen and oxygen atoms in total. The average molecular weight is 405 g/mol. The van der Waals surface area contributed by atoms with Crippen LogP contribution in [0.1, 0.15) is 16.1 Å². The maximum Gasteiger partial charge on any atom is 0.271 e. The van der Waals surface area contributed by atoms with Crippen molar-refractivity contribution in [2.75, 3.05) is 50.4 Å². The van der Waals surface area contributed by atoms with Crippen LogP contribution in [-0.2, 0) is 10.3 Å². The summed E-state index contributed by atoms with van der Waals surface area (Å²) in [5.41, 5.74) is 7.56. The first-order valence-electron chi connectivity index (χ1n) is 9.94. The van der Waals surface area contributed by atoms with Crippen molar-refractivity contribution in [2.45, 2.75) is 5.54 Å². The molecule has 0 saturated carbocycles. The minimum atomic E-state index is -0.645. The van der Waals surface area contributed by atoms with Crippen LogP contribution in [0.25, 0.3) is 0 Å². The Morgan fingerprint density at radius 2 is 1.87 bits per heavy atom. The van der Waals surface area contributed by atoms with Gasteiger partial charge < -0.3 is 25.8 Å². The van der Waals surface area contributed by atoms with Crippen LogP contribution < -0.4 is 16.0 Å². The van der Waals surface area contributed by atoms with Gasteiger partial charge in [0.1, 0.15) is 17.1 Å².